The highest BCUT2D eigenvalue weighted by Crippen LogP contribution is 2.23. The Morgan fingerprint density at radius 3 is 2.19 bits per heavy atom. The summed E-state index contributed by atoms with van der Waals surface area (Å²) in [5, 5.41) is 0. The third kappa shape index (κ3) is 2.83. The molecule has 0 N–H and O–H groups in total. The van der Waals surface area contributed by atoms with E-state index in [0.29, 0.717) is 0 Å². The van der Waals surface area contributed by atoms with Gasteiger partial charge in [-0.3, -0.25) is 0 Å². The van der Waals surface area contributed by atoms with Crippen LogP contribution in [-0.2, 0) is 0 Å². The Morgan fingerprint density at radius 1 is 0.938 bits per heavy atom. The topological polar surface area (TPSA) is 0 Å². The lowest BCUT2D eigenvalue weighted by atomic mass is 10.1. The second-order valence-electron chi connectivity index (χ2n) is 3.77. The zero-order valence-electron chi connectivity index (χ0n) is 9.15. The summed E-state index contributed by atoms with van der Waals surface area (Å²) in [7, 11) is 0. The molecule has 0 aliphatic rings. The van der Waals surface area contributed by atoms with E-state index >= 15 is 0 Å². The summed E-state index contributed by atoms with van der Waals surface area (Å²) in [4.78, 5) is 0. The van der Waals surface area contributed by atoms with Crippen molar-refractivity contribution in [3.8, 4) is 0 Å². The maximum Gasteiger partial charge on any atom is 0.0253 e. The first-order valence-corrected chi connectivity index (χ1v) is 6.04. The first-order valence-electron chi connectivity index (χ1n) is 5.25. The molecule has 0 fully saturated rings. The van der Waals surface area contributed by atoms with Gasteiger partial charge in [-0.25, -0.2) is 0 Å². The van der Waals surface area contributed by atoms with Crippen LogP contribution in [0.25, 0.3) is 10.6 Å². The number of rotatable bonds is 2. The third-order valence-corrected chi connectivity index (χ3v) is 3.11. The summed E-state index contributed by atoms with van der Waals surface area (Å²) >= 11 is 3.60. The van der Waals surface area contributed by atoms with Crippen molar-refractivity contribution in [2.45, 2.75) is 6.92 Å². The first-order chi connectivity index (χ1) is 7.75. The molecule has 0 aromatic heterocycles. The summed E-state index contributed by atoms with van der Waals surface area (Å²) in [5.74, 6) is 0. The third-order valence-electron chi connectivity index (χ3n) is 2.42. The SMILES string of the molecule is Cc1ccc(/C=C(\Br)c2ccccc2)cc1. The van der Waals surface area contributed by atoms with Crippen molar-refractivity contribution in [3.05, 3.63) is 71.3 Å². The quantitative estimate of drug-likeness (QED) is 0.683. The summed E-state index contributed by atoms with van der Waals surface area (Å²) in [6.45, 7) is 2.10. The molecule has 2 rings (SSSR count). The van der Waals surface area contributed by atoms with E-state index in [1.165, 1.54) is 16.7 Å². The van der Waals surface area contributed by atoms with Crippen LogP contribution in [0.15, 0.2) is 54.6 Å². The van der Waals surface area contributed by atoms with Crippen LogP contribution in [0.5, 0.6) is 0 Å². The molecule has 0 amide bonds. The van der Waals surface area contributed by atoms with E-state index in [2.05, 4.69) is 65.3 Å². The molecule has 0 unspecified atom stereocenters. The normalized spacial score (nSPS) is 11.5. The lowest BCUT2D eigenvalue weighted by Crippen LogP contribution is -1.77. The van der Waals surface area contributed by atoms with Crippen LogP contribution in [0, 0.1) is 6.92 Å². The minimum atomic E-state index is 1.11. The minimum absolute atomic E-state index is 1.11. The highest BCUT2D eigenvalue weighted by Gasteiger charge is 1.96. The number of benzene rings is 2. The van der Waals surface area contributed by atoms with Crippen LogP contribution in [0.4, 0.5) is 0 Å². The molecule has 0 aliphatic carbocycles. The molecular weight excluding hydrogens is 260 g/mol. The zero-order chi connectivity index (χ0) is 11.4. The van der Waals surface area contributed by atoms with Gasteiger partial charge in [-0.2, -0.15) is 0 Å². The Morgan fingerprint density at radius 2 is 1.56 bits per heavy atom. The fourth-order valence-electron chi connectivity index (χ4n) is 1.49. The highest BCUT2D eigenvalue weighted by molar-refractivity contribution is 9.15. The van der Waals surface area contributed by atoms with Crippen molar-refractivity contribution in [2.75, 3.05) is 0 Å². The summed E-state index contributed by atoms with van der Waals surface area (Å²) in [6.07, 6.45) is 2.13. The first kappa shape index (κ1) is 11.2. The molecule has 0 heterocycles. The van der Waals surface area contributed by atoms with Crippen LogP contribution in [-0.4, -0.2) is 0 Å². The molecule has 0 nitrogen and oxygen atoms in total. The molecule has 16 heavy (non-hydrogen) atoms. The molecule has 0 spiro atoms. The molecule has 2 aromatic rings. The predicted molar refractivity (Wildman–Crippen MR) is 74.4 cm³/mol. The van der Waals surface area contributed by atoms with Crippen molar-refractivity contribution in [1.82, 2.24) is 0 Å². The van der Waals surface area contributed by atoms with Crippen molar-refractivity contribution in [3.63, 3.8) is 0 Å². The van der Waals surface area contributed by atoms with Gasteiger partial charge in [0, 0.05) is 4.48 Å². The number of hydrogen-bond donors (Lipinski definition) is 0. The minimum Gasteiger partial charge on any atom is -0.0622 e. The summed E-state index contributed by atoms with van der Waals surface area (Å²) in [5.41, 5.74) is 3.69. The molecule has 0 radical (unpaired) electrons. The maximum atomic E-state index is 3.60. The lowest BCUT2D eigenvalue weighted by Gasteiger charge is -2.00. The average Bonchev–Trinajstić information content (AvgIpc) is 2.33. The van der Waals surface area contributed by atoms with Crippen molar-refractivity contribution >= 4 is 26.5 Å². The number of hydrogen-bond acceptors (Lipinski definition) is 0. The van der Waals surface area contributed by atoms with Gasteiger partial charge in [-0.05, 0) is 24.1 Å². The van der Waals surface area contributed by atoms with Gasteiger partial charge in [-0.15, -0.1) is 0 Å². The molecule has 0 bridgehead atoms. The second-order valence-corrected chi connectivity index (χ2v) is 4.62. The van der Waals surface area contributed by atoms with E-state index in [9.17, 15) is 0 Å². The molecular formula is C15H13Br. The molecule has 0 saturated heterocycles. The van der Waals surface area contributed by atoms with E-state index in [1.54, 1.807) is 0 Å². The Kier molecular flexibility index (Phi) is 3.58. The van der Waals surface area contributed by atoms with Gasteiger partial charge in [0.2, 0.25) is 0 Å². The lowest BCUT2D eigenvalue weighted by molar-refractivity contribution is 1.46. The summed E-state index contributed by atoms with van der Waals surface area (Å²) in [6, 6.07) is 18.8. The maximum absolute atomic E-state index is 3.60. The molecule has 2 aromatic carbocycles. The Bertz CT molecular complexity index is 481. The van der Waals surface area contributed by atoms with E-state index in [0.717, 1.165) is 4.48 Å². The molecule has 0 aliphatic heterocycles. The van der Waals surface area contributed by atoms with Crippen LogP contribution in [0.2, 0.25) is 0 Å². The van der Waals surface area contributed by atoms with Gasteiger partial charge >= 0.3 is 0 Å². The van der Waals surface area contributed by atoms with Crippen molar-refractivity contribution in [1.29, 1.82) is 0 Å². The average molecular weight is 273 g/mol. The van der Waals surface area contributed by atoms with E-state index in [4.69, 9.17) is 0 Å². The van der Waals surface area contributed by atoms with Gasteiger partial charge in [0.1, 0.15) is 0 Å². The number of halogens is 1. The number of aryl methyl sites for hydroxylation is 1. The van der Waals surface area contributed by atoms with Gasteiger partial charge in [0.25, 0.3) is 0 Å². The van der Waals surface area contributed by atoms with Crippen LogP contribution in [0.1, 0.15) is 16.7 Å². The Hall–Kier alpha value is -1.34. The van der Waals surface area contributed by atoms with Gasteiger partial charge < -0.3 is 0 Å². The second kappa shape index (κ2) is 5.13. The fraction of sp³-hybridized carbons (Fsp3) is 0.0667. The monoisotopic (exact) mass is 272 g/mol. The Labute approximate surface area is 105 Å². The molecule has 80 valence electrons. The largest absolute Gasteiger partial charge is 0.0622 e. The highest BCUT2D eigenvalue weighted by atomic mass is 79.9. The van der Waals surface area contributed by atoms with Gasteiger partial charge in [0.15, 0.2) is 0 Å². The van der Waals surface area contributed by atoms with Crippen molar-refractivity contribution < 1.29 is 0 Å². The van der Waals surface area contributed by atoms with Gasteiger partial charge in [0.05, 0.1) is 0 Å². The van der Waals surface area contributed by atoms with E-state index in [1.807, 2.05) is 18.2 Å². The van der Waals surface area contributed by atoms with E-state index in [-0.39, 0.29) is 0 Å². The van der Waals surface area contributed by atoms with Crippen LogP contribution >= 0.6 is 15.9 Å². The fourth-order valence-corrected chi connectivity index (χ4v) is 2.02. The summed E-state index contributed by atoms with van der Waals surface area (Å²) < 4.78 is 1.11. The Balaban J connectivity index is 2.28. The van der Waals surface area contributed by atoms with Crippen LogP contribution in [0.3, 0.4) is 0 Å². The standard InChI is InChI=1S/C15H13Br/c1-12-7-9-13(10-8-12)11-15(16)14-5-3-2-4-6-14/h2-11H,1H3/b15-11-. The van der Waals surface area contributed by atoms with E-state index < -0.39 is 0 Å². The molecule has 0 saturated carbocycles. The predicted octanol–water partition coefficient (Wildman–Crippen LogP) is 4.89. The van der Waals surface area contributed by atoms with Crippen LogP contribution < -0.4 is 0 Å². The van der Waals surface area contributed by atoms with Crippen molar-refractivity contribution in [2.24, 2.45) is 0 Å². The zero-order valence-corrected chi connectivity index (χ0v) is 10.7. The molecule has 1 heteroatoms. The van der Waals surface area contributed by atoms with Gasteiger partial charge in [-0.1, -0.05) is 76.1 Å². The smallest absolute Gasteiger partial charge is 0.0253 e. The molecule has 0 atom stereocenters.